The molecule has 0 aromatic carbocycles. The summed E-state index contributed by atoms with van der Waals surface area (Å²) in [6.45, 7) is 1.44. The van der Waals surface area contributed by atoms with Gasteiger partial charge in [-0.25, -0.2) is 0 Å². The molecule has 0 aromatic rings. The van der Waals surface area contributed by atoms with Crippen molar-refractivity contribution in [1.82, 2.24) is 4.90 Å². The minimum atomic E-state index is -3.35. The molecule has 0 N–H and O–H groups in total. The third-order valence-electron chi connectivity index (χ3n) is 2.32. The van der Waals surface area contributed by atoms with E-state index >= 15 is 0 Å². The van der Waals surface area contributed by atoms with Crippen molar-refractivity contribution in [3.8, 4) is 0 Å². The van der Waals surface area contributed by atoms with Crippen LogP contribution in [-0.2, 0) is 4.79 Å². The first-order valence-corrected chi connectivity index (χ1v) is 4.56. The molecule has 0 aliphatic carbocycles. The Morgan fingerprint density at radius 1 is 1.69 bits per heavy atom. The van der Waals surface area contributed by atoms with Crippen LogP contribution in [-0.4, -0.2) is 36.2 Å². The Kier molecular flexibility index (Phi) is 3.24. The summed E-state index contributed by atoms with van der Waals surface area (Å²) in [5.41, 5.74) is 0. The molecule has 1 atom stereocenters. The van der Waals surface area contributed by atoms with E-state index in [1.165, 1.54) is 0 Å². The minimum Gasteiger partial charge on any atom is -0.306 e. The highest BCUT2D eigenvalue weighted by Gasteiger charge is 2.40. The van der Waals surface area contributed by atoms with Gasteiger partial charge in [0.2, 0.25) is 0 Å². The van der Waals surface area contributed by atoms with Crippen LogP contribution >= 0.6 is 11.6 Å². The normalized spacial score (nSPS) is 25.1. The maximum absolute atomic E-state index is 12.8. The molecule has 1 aliphatic heterocycles. The zero-order valence-electron chi connectivity index (χ0n) is 7.40. The second-order valence-corrected chi connectivity index (χ2v) is 3.94. The fraction of sp³-hybridized carbons (Fsp3) is 0.875. The van der Waals surface area contributed by atoms with Crippen LogP contribution in [0.25, 0.3) is 0 Å². The van der Waals surface area contributed by atoms with Crippen molar-refractivity contribution >= 4 is 16.8 Å². The molecule has 2 nitrogen and oxygen atoms in total. The van der Waals surface area contributed by atoms with E-state index in [-0.39, 0.29) is 5.92 Å². The van der Waals surface area contributed by atoms with Gasteiger partial charge in [-0.1, -0.05) is 0 Å². The molecule has 1 fully saturated rings. The molecule has 0 aromatic heterocycles. The maximum Gasteiger partial charge on any atom is 0.320 e. The highest BCUT2D eigenvalue weighted by Crippen LogP contribution is 2.30. The number of rotatable bonds is 3. The first-order chi connectivity index (χ1) is 5.92. The Labute approximate surface area is 80.8 Å². The van der Waals surface area contributed by atoms with Crippen LogP contribution in [0.4, 0.5) is 8.78 Å². The van der Waals surface area contributed by atoms with Crippen LogP contribution in [0.2, 0.25) is 0 Å². The average Bonchev–Trinajstić information content (AvgIpc) is 2.34. The fourth-order valence-corrected chi connectivity index (χ4v) is 1.71. The van der Waals surface area contributed by atoms with Gasteiger partial charge >= 0.3 is 5.92 Å². The average molecular weight is 212 g/mol. The molecule has 0 saturated carbocycles. The molecule has 1 saturated heterocycles. The third-order valence-corrected chi connectivity index (χ3v) is 2.60. The number of carbonyl (C=O) groups is 1. The number of nitrogens with zero attached hydrogens (tertiary/aromatic N) is 1. The smallest absolute Gasteiger partial charge is 0.306 e. The number of alkyl halides is 2. The Bertz CT molecular complexity index is 210. The van der Waals surface area contributed by atoms with Gasteiger partial charge in [-0.3, -0.25) is 4.79 Å². The van der Waals surface area contributed by atoms with Gasteiger partial charge in [-0.15, -0.1) is 0 Å². The van der Waals surface area contributed by atoms with E-state index < -0.39 is 17.6 Å². The van der Waals surface area contributed by atoms with E-state index in [4.69, 9.17) is 11.6 Å². The molecule has 1 aliphatic rings. The SMILES string of the molecule is CN1CCC(CC(F)(F)C(=O)Cl)C1. The van der Waals surface area contributed by atoms with Gasteiger partial charge in [-0.2, -0.15) is 8.78 Å². The number of likely N-dealkylation sites (tertiary alicyclic amines) is 1. The van der Waals surface area contributed by atoms with E-state index in [9.17, 15) is 13.6 Å². The summed E-state index contributed by atoms with van der Waals surface area (Å²) in [4.78, 5) is 12.3. The van der Waals surface area contributed by atoms with E-state index in [1.54, 1.807) is 0 Å². The number of halogens is 3. The summed E-state index contributed by atoms with van der Waals surface area (Å²) in [5.74, 6) is -3.46. The van der Waals surface area contributed by atoms with Crippen LogP contribution in [0.15, 0.2) is 0 Å². The van der Waals surface area contributed by atoms with Gasteiger partial charge in [-0.05, 0) is 37.5 Å². The van der Waals surface area contributed by atoms with Crippen molar-refractivity contribution in [3.63, 3.8) is 0 Å². The predicted octanol–water partition coefficient (Wildman–Crippen LogP) is 1.73. The van der Waals surface area contributed by atoms with Gasteiger partial charge in [0, 0.05) is 13.0 Å². The standard InChI is InChI=1S/C8H12ClF2NO/c1-12-3-2-6(5-12)4-8(10,11)7(9)13/h6H,2-5H2,1H3. The number of carbonyl (C=O) groups excluding carboxylic acids is 1. The lowest BCUT2D eigenvalue weighted by molar-refractivity contribution is -0.136. The van der Waals surface area contributed by atoms with Crippen LogP contribution in [0, 0.1) is 5.92 Å². The Morgan fingerprint density at radius 3 is 2.69 bits per heavy atom. The summed E-state index contributed by atoms with van der Waals surface area (Å²) in [5, 5.41) is -1.54. The largest absolute Gasteiger partial charge is 0.320 e. The van der Waals surface area contributed by atoms with Gasteiger partial charge in [0.1, 0.15) is 0 Å². The Hall–Kier alpha value is -0.220. The zero-order valence-corrected chi connectivity index (χ0v) is 8.15. The monoisotopic (exact) mass is 211 g/mol. The summed E-state index contributed by atoms with van der Waals surface area (Å²) in [7, 11) is 1.88. The molecular formula is C8H12ClF2NO. The molecule has 0 spiro atoms. The zero-order chi connectivity index (χ0) is 10.1. The van der Waals surface area contributed by atoms with Crippen molar-refractivity contribution in [2.45, 2.75) is 18.8 Å². The second kappa shape index (κ2) is 3.88. The van der Waals surface area contributed by atoms with E-state index in [1.807, 2.05) is 11.9 Å². The van der Waals surface area contributed by atoms with Gasteiger partial charge in [0.25, 0.3) is 5.24 Å². The molecule has 1 rings (SSSR count). The molecule has 0 radical (unpaired) electrons. The summed E-state index contributed by atoms with van der Waals surface area (Å²) in [6.07, 6.45) is 0.302. The second-order valence-electron chi connectivity index (χ2n) is 3.60. The summed E-state index contributed by atoms with van der Waals surface area (Å²) < 4.78 is 25.7. The van der Waals surface area contributed by atoms with Gasteiger partial charge in [0.15, 0.2) is 0 Å². The molecule has 0 bridgehead atoms. The first-order valence-electron chi connectivity index (χ1n) is 4.18. The highest BCUT2D eigenvalue weighted by molar-refractivity contribution is 6.65. The van der Waals surface area contributed by atoms with Gasteiger partial charge in [0.05, 0.1) is 0 Å². The quantitative estimate of drug-likeness (QED) is 0.663. The topological polar surface area (TPSA) is 20.3 Å². The molecule has 76 valence electrons. The van der Waals surface area contributed by atoms with Crippen molar-refractivity contribution in [3.05, 3.63) is 0 Å². The van der Waals surface area contributed by atoms with Crippen molar-refractivity contribution in [1.29, 1.82) is 0 Å². The number of hydrogen-bond donors (Lipinski definition) is 0. The van der Waals surface area contributed by atoms with Crippen LogP contribution in [0.3, 0.4) is 0 Å². The molecule has 13 heavy (non-hydrogen) atoms. The lowest BCUT2D eigenvalue weighted by atomic mass is 10.0. The van der Waals surface area contributed by atoms with Crippen LogP contribution < -0.4 is 0 Å². The number of hydrogen-bond acceptors (Lipinski definition) is 2. The van der Waals surface area contributed by atoms with Crippen LogP contribution in [0.5, 0.6) is 0 Å². The fourth-order valence-electron chi connectivity index (χ4n) is 1.64. The van der Waals surface area contributed by atoms with E-state index in [2.05, 4.69) is 0 Å². The van der Waals surface area contributed by atoms with Crippen LogP contribution in [0.1, 0.15) is 12.8 Å². The highest BCUT2D eigenvalue weighted by atomic mass is 35.5. The summed E-state index contributed by atoms with van der Waals surface area (Å²) in [6, 6.07) is 0. The van der Waals surface area contributed by atoms with Crippen molar-refractivity contribution in [2.75, 3.05) is 20.1 Å². The Morgan fingerprint density at radius 2 is 2.31 bits per heavy atom. The molecule has 0 amide bonds. The van der Waals surface area contributed by atoms with Gasteiger partial charge < -0.3 is 4.90 Å². The summed E-state index contributed by atoms with van der Waals surface area (Å²) >= 11 is 4.78. The van der Waals surface area contributed by atoms with E-state index in [0.29, 0.717) is 6.54 Å². The lowest BCUT2D eigenvalue weighted by Gasteiger charge is -2.16. The lowest BCUT2D eigenvalue weighted by Crippen LogP contribution is -2.28. The molecule has 1 heterocycles. The first kappa shape index (κ1) is 10.9. The van der Waals surface area contributed by atoms with Crippen molar-refractivity contribution in [2.24, 2.45) is 5.92 Å². The Balaban J connectivity index is 2.44. The minimum absolute atomic E-state index is 0.109. The maximum atomic E-state index is 12.8. The third kappa shape index (κ3) is 2.88. The molecule has 1 unspecified atom stereocenters. The van der Waals surface area contributed by atoms with E-state index in [0.717, 1.165) is 13.0 Å². The predicted molar refractivity (Wildman–Crippen MR) is 46.0 cm³/mol. The van der Waals surface area contributed by atoms with Crippen molar-refractivity contribution < 1.29 is 13.6 Å². The molecule has 5 heteroatoms. The molecular weight excluding hydrogens is 200 g/mol.